The first-order valence-electron chi connectivity index (χ1n) is 5.15. The Hall–Kier alpha value is -1.57. The molecule has 0 saturated carbocycles. The van der Waals surface area contributed by atoms with Crippen LogP contribution in [0.25, 0.3) is 0 Å². The summed E-state index contributed by atoms with van der Waals surface area (Å²) in [6, 6.07) is 7.41. The van der Waals surface area contributed by atoms with E-state index >= 15 is 0 Å². The van der Waals surface area contributed by atoms with Gasteiger partial charge in [-0.3, -0.25) is 4.79 Å². The number of allylic oxidation sites excluding steroid dienone is 2. The summed E-state index contributed by atoms with van der Waals surface area (Å²) in [7, 11) is 1.60. The van der Waals surface area contributed by atoms with E-state index in [2.05, 4.69) is 12.2 Å². The summed E-state index contributed by atoms with van der Waals surface area (Å²) in [5.74, 6) is 0.980. The maximum atomic E-state index is 12.1. The van der Waals surface area contributed by atoms with Crippen molar-refractivity contribution in [2.45, 2.75) is 12.8 Å². The van der Waals surface area contributed by atoms with E-state index in [0.717, 1.165) is 12.8 Å². The summed E-state index contributed by atoms with van der Waals surface area (Å²) in [4.78, 5) is 12.1. The zero-order valence-electron chi connectivity index (χ0n) is 8.77. The Morgan fingerprint density at radius 2 is 1.93 bits per heavy atom. The fraction of sp³-hybridized carbons (Fsp3) is 0.308. The average molecular weight is 202 g/mol. The van der Waals surface area contributed by atoms with Crippen LogP contribution in [0.2, 0.25) is 0 Å². The minimum absolute atomic E-state index is 0.112. The first-order valence-corrected chi connectivity index (χ1v) is 5.15. The van der Waals surface area contributed by atoms with Crippen LogP contribution in [0.5, 0.6) is 5.75 Å². The fourth-order valence-electron chi connectivity index (χ4n) is 1.90. The first kappa shape index (κ1) is 9.97. The van der Waals surface area contributed by atoms with E-state index in [4.69, 9.17) is 4.74 Å². The van der Waals surface area contributed by atoms with Gasteiger partial charge in [-0.25, -0.2) is 0 Å². The molecule has 0 aliphatic heterocycles. The fourth-order valence-corrected chi connectivity index (χ4v) is 1.90. The predicted octanol–water partition coefficient (Wildman–Crippen LogP) is 2.84. The van der Waals surface area contributed by atoms with Gasteiger partial charge in [0, 0.05) is 5.92 Å². The van der Waals surface area contributed by atoms with Gasteiger partial charge in [0.25, 0.3) is 0 Å². The number of rotatable bonds is 3. The van der Waals surface area contributed by atoms with E-state index in [9.17, 15) is 4.79 Å². The maximum Gasteiger partial charge on any atom is 0.170 e. The van der Waals surface area contributed by atoms with Gasteiger partial charge in [0.05, 0.1) is 12.7 Å². The Morgan fingerprint density at radius 3 is 2.60 bits per heavy atom. The number of carbonyl (C=O) groups excluding carboxylic acids is 1. The highest BCUT2D eigenvalue weighted by Gasteiger charge is 2.22. The lowest BCUT2D eigenvalue weighted by atomic mass is 9.95. The molecule has 1 aromatic rings. The molecule has 1 aliphatic rings. The summed E-state index contributed by atoms with van der Waals surface area (Å²) in [5.41, 5.74) is 0.703. The van der Waals surface area contributed by atoms with Crippen LogP contribution in [-0.2, 0) is 0 Å². The smallest absolute Gasteiger partial charge is 0.170 e. The number of hydrogen-bond donors (Lipinski definition) is 0. The zero-order chi connectivity index (χ0) is 10.7. The van der Waals surface area contributed by atoms with Crippen LogP contribution < -0.4 is 4.74 Å². The third kappa shape index (κ3) is 1.94. The molecule has 0 fully saturated rings. The van der Waals surface area contributed by atoms with Gasteiger partial charge in [0.1, 0.15) is 5.75 Å². The summed E-state index contributed by atoms with van der Waals surface area (Å²) in [6.45, 7) is 0. The minimum Gasteiger partial charge on any atom is -0.496 e. The number of carbonyl (C=O) groups is 1. The van der Waals surface area contributed by atoms with Crippen molar-refractivity contribution in [1.82, 2.24) is 0 Å². The average Bonchev–Trinajstić information content (AvgIpc) is 2.81. The molecule has 2 rings (SSSR count). The van der Waals surface area contributed by atoms with Crippen molar-refractivity contribution < 1.29 is 9.53 Å². The molecule has 0 amide bonds. The van der Waals surface area contributed by atoms with Crippen LogP contribution in [0.4, 0.5) is 0 Å². The van der Waals surface area contributed by atoms with Crippen LogP contribution >= 0.6 is 0 Å². The number of hydrogen-bond acceptors (Lipinski definition) is 2. The third-order valence-electron chi connectivity index (χ3n) is 2.75. The molecular weight excluding hydrogens is 188 g/mol. The second-order valence-corrected chi connectivity index (χ2v) is 3.70. The van der Waals surface area contributed by atoms with E-state index < -0.39 is 0 Å². The second kappa shape index (κ2) is 4.30. The van der Waals surface area contributed by atoms with Gasteiger partial charge in [-0.05, 0) is 25.0 Å². The highest BCUT2D eigenvalue weighted by Crippen LogP contribution is 2.27. The SMILES string of the molecule is COc1ccccc1C(=O)C1CC=CC1. The molecule has 0 spiro atoms. The molecule has 15 heavy (non-hydrogen) atoms. The van der Waals surface area contributed by atoms with Crippen molar-refractivity contribution in [3.8, 4) is 5.75 Å². The first-order chi connectivity index (χ1) is 7.33. The topological polar surface area (TPSA) is 26.3 Å². The molecular formula is C13H14O2. The van der Waals surface area contributed by atoms with E-state index in [1.54, 1.807) is 7.11 Å². The lowest BCUT2D eigenvalue weighted by molar-refractivity contribution is 0.0923. The molecule has 0 N–H and O–H groups in total. The minimum atomic E-state index is 0.112. The molecule has 0 bridgehead atoms. The number of ether oxygens (including phenoxy) is 1. The predicted molar refractivity (Wildman–Crippen MR) is 59.2 cm³/mol. The Labute approximate surface area is 89.6 Å². The monoisotopic (exact) mass is 202 g/mol. The van der Waals surface area contributed by atoms with Crippen LogP contribution in [0.3, 0.4) is 0 Å². The quantitative estimate of drug-likeness (QED) is 0.556. The van der Waals surface area contributed by atoms with Crippen molar-refractivity contribution in [2.75, 3.05) is 7.11 Å². The van der Waals surface area contributed by atoms with Crippen LogP contribution in [-0.4, -0.2) is 12.9 Å². The maximum absolute atomic E-state index is 12.1. The van der Waals surface area contributed by atoms with Crippen LogP contribution in [0, 0.1) is 5.92 Å². The number of Topliss-reactive ketones (excluding diaryl/α,β-unsaturated/α-hetero) is 1. The molecule has 78 valence electrons. The molecule has 1 aliphatic carbocycles. The number of benzene rings is 1. The molecule has 0 heterocycles. The summed E-state index contributed by atoms with van der Waals surface area (Å²) >= 11 is 0. The highest BCUT2D eigenvalue weighted by atomic mass is 16.5. The standard InChI is InChI=1S/C13H14O2/c1-15-12-9-5-4-8-11(12)13(14)10-6-2-3-7-10/h2-5,8-10H,6-7H2,1H3. The van der Waals surface area contributed by atoms with Gasteiger partial charge in [0.15, 0.2) is 5.78 Å². The number of para-hydroxylation sites is 1. The van der Waals surface area contributed by atoms with Crippen molar-refractivity contribution in [3.05, 3.63) is 42.0 Å². The van der Waals surface area contributed by atoms with Gasteiger partial charge < -0.3 is 4.74 Å². The number of methoxy groups -OCH3 is 1. The van der Waals surface area contributed by atoms with Crippen LogP contribution in [0.1, 0.15) is 23.2 Å². The van der Waals surface area contributed by atoms with Crippen molar-refractivity contribution >= 4 is 5.78 Å². The summed E-state index contributed by atoms with van der Waals surface area (Å²) in [6.07, 6.45) is 5.85. The van der Waals surface area contributed by atoms with Crippen molar-refractivity contribution in [3.63, 3.8) is 0 Å². The molecule has 0 unspecified atom stereocenters. The molecule has 2 heteroatoms. The van der Waals surface area contributed by atoms with Gasteiger partial charge in [-0.15, -0.1) is 0 Å². The van der Waals surface area contributed by atoms with E-state index in [1.165, 1.54) is 0 Å². The Kier molecular flexibility index (Phi) is 2.86. The van der Waals surface area contributed by atoms with E-state index in [0.29, 0.717) is 11.3 Å². The lowest BCUT2D eigenvalue weighted by Crippen LogP contribution is -2.12. The lowest BCUT2D eigenvalue weighted by Gasteiger charge is -2.11. The largest absolute Gasteiger partial charge is 0.496 e. The molecule has 0 radical (unpaired) electrons. The Morgan fingerprint density at radius 1 is 1.27 bits per heavy atom. The number of ketones is 1. The summed E-state index contributed by atoms with van der Waals surface area (Å²) in [5, 5.41) is 0. The van der Waals surface area contributed by atoms with Crippen LogP contribution in [0.15, 0.2) is 36.4 Å². The summed E-state index contributed by atoms with van der Waals surface area (Å²) < 4.78 is 5.18. The van der Waals surface area contributed by atoms with Crippen molar-refractivity contribution in [1.29, 1.82) is 0 Å². The van der Waals surface area contributed by atoms with Gasteiger partial charge in [-0.1, -0.05) is 24.3 Å². The second-order valence-electron chi connectivity index (χ2n) is 3.70. The normalized spacial score (nSPS) is 15.5. The highest BCUT2D eigenvalue weighted by molar-refractivity contribution is 6.00. The van der Waals surface area contributed by atoms with Gasteiger partial charge >= 0.3 is 0 Å². The zero-order valence-corrected chi connectivity index (χ0v) is 8.77. The van der Waals surface area contributed by atoms with E-state index in [1.807, 2.05) is 24.3 Å². The molecule has 2 nitrogen and oxygen atoms in total. The Bertz CT molecular complexity index is 385. The van der Waals surface area contributed by atoms with Crippen molar-refractivity contribution in [2.24, 2.45) is 5.92 Å². The van der Waals surface area contributed by atoms with Gasteiger partial charge in [-0.2, -0.15) is 0 Å². The third-order valence-corrected chi connectivity index (χ3v) is 2.75. The molecule has 1 aromatic carbocycles. The molecule has 0 atom stereocenters. The molecule has 0 aromatic heterocycles. The molecule has 0 saturated heterocycles. The Balaban J connectivity index is 2.24. The van der Waals surface area contributed by atoms with E-state index in [-0.39, 0.29) is 11.7 Å². The van der Waals surface area contributed by atoms with Gasteiger partial charge in [0.2, 0.25) is 0 Å².